The number of rotatable bonds is 4. The molecule has 134 valence electrons. The number of carbonyl (C=O) groups excluding carboxylic acids is 1. The van der Waals surface area contributed by atoms with Crippen molar-refractivity contribution in [2.45, 2.75) is 32.7 Å². The van der Waals surface area contributed by atoms with Crippen LogP contribution in [0.15, 0.2) is 53.6 Å². The number of nitrogens with zero attached hydrogens (tertiary/aromatic N) is 4. The third-order valence-electron chi connectivity index (χ3n) is 4.45. The Kier molecular flexibility index (Phi) is 4.53. The molecule has 0 saturated heterocycles. The fourth-order valence-electron chi connectivity index (χ4n) is 3.18. The monoisotopic (exact) mass is 352 g/mol. The number of carbonyl (C=O) groups is 1. The normalized spacial score (nSPS) is 17.0. The Labute approximate surface area is 151 Å². The van der Waals surface area contributed by atoms with Crippen LogP contribution in [-0.4, -0.2) is 38.0 Å². The van der Waals surface area contributed by atoms with Gasteiger partial charge in [-0.2, -0.15) is 0 Å². The Balaban J connectivity index is 1.51. The summed E-state index contributed by atoms with van der Waals surface area (Å²) in [5.41, 5.74) is 3.23. The number of pyridine rings is 1. The van der Waals surface area contributed by atoms with Crippen LogP contribution in [0.3, 0.4) is 0 Å². The van der Waals surface area contributed by atoms with Crippen LogP contribution < -0.4 is 0 Å². The fraction of sp³-hybridized carbons (Fsp3) is 0.316. The molecular weight excluding hydrogens is 332 g/mol. The van der Waals surface area contributed by atoms with E-state index in [0.29, 0.717) is 31.9 Å². The summed E-state index contributed by atoms with van der Waals surface area (Å²) >= 11 is 0. The van der Waals surface area contributed by atoms with E-state index in [4.69, 9.17) is 9.15 Å². The van der Waals surface area contributed by atoms with Crippen molar-refractivity contribution in [1.29, 1.82) is 0 Å². The zero-order chi connectivity index (χ0) is 17.9. The second-order valence-electron chi connectivity index (χ2n) is 6.41. The van der Waals surface area contributed by atoms with E-state index in [1.54, 1.807) is 4.90 Å². The average Bonchev–Trinajstić information content (AvgIpc) is 3.28. The van der Waals surface area contributed by atoms with Crippen molar-refractivity contribution in [2.75, 3.05) is 6.54 Å². The molecule has 3 aromatic heterocycles. The molecule has 0 bridgehead atoms. The zero-order valence-electron chi connectivity index (χ0n) is 14.5. The van der Waals surface area contributed by atoms with Gasteiger partial charge in [0.2, 0.25) is 0 Å². The summed E-state index contributed by atoms with van der Waals surface area (Å²) in [4.78, 5) is 22.9. The van der Waals surface area contributed by atoms with Gasteiger partial charge in [-0.3, -0.25) is 9.78 Å². The van der Waals surface area contributed by atoms with Crippen molar-refractivity contribution in [3.63, 3.8) is 0 Å². The molecule has 1 aliphatic rings. The first kappa shape index (κ1) is 16.5. The van der Waals surface area contributed by atoms with Crippen molar-refractivity contribution in [1.82, 2.24) is 19.4 Å². The van der Waals surface area contributed by atoms with Crippen molar-refractivity contribution < 1.29 is 13.9 Å². The quantitative estimate of drug-likeness (QED) is 0.721. The molecule has 0 aromatic carbocycles. The topological polar surface area (TPSA) is 73.4 Å². The Morgan fingerprint density at radius 1 is 1.31 bits per heavy atom. The molecule has 7 nitrogen and oxygen atoms in total. The van der Waals surface area contributed by atoms with Gasteiger partial charge in [0.1, 0.15) is 6.26 Å². The Morgan fingerprint density at radius 3 is 3.04 bits per heavy atom. The van der Waals surface area contributed by atoms with Crippen molar-refractivity contribution >= 4 is 5.91 Å². The maximum Gasteiger partial charge on any atom is 0.276 e. The van der Waals surface area contributed by atoms with E-state index < -0.39 is 0 Å². The molecule has 3 aromatic rings. The van der Waals surface area contributed by atoms with Gasteiger partial charge in [-0.1, -0.05) is 6.07 Å². The molecule has 0 radical (unpaired) electrons. The van der Waals surface area contributed by atoms with Gasteiger partial charge in [-0.15, -0.1) is 0 Å². The maximum atomic E-state index is 12.7. The van der Waals surface area contributed by atoms with Gasteiger partial charge in [0.25, 0.3) is 5.91 Å². The fourth-order valence-corrected chi connectivity index (χ4v) is 3.18. The number of aryl methyl sites for hydroxylation is 1. The first-order chi connectivity index (χ1) is 12.7. The number of ether oxygens (including phenoxy) is 1. The molecular formula is C19H20N4O3. The average molecular weight is 352 g/mol. The predicted molar refractivity (Wildman–Crippen MR) is 93.2 cm³/mol. The van der Waals surface area contributed by atoms with Crippen LogP contribution in [0, 0.1) is 6.92 Å². The molecule has 7 heteroatoms. The summed E-state index contributed by atoms with van der Waals surface area (Å²) < 4.78 is 13.2. The van der Waals surface area contributed by atoms with Crippen molar-refractivity contribution in [3.8, 4) is 0 Å². The van der Waals surface area contributed by atoms with Crippen LogP contribution in [0.2, 0.25) is 0 Å². The van der Waals surface area contributed by atoms with Crippen LogP contribution in [0.4, 0.5) is 0 Å². The number of hydrogen-bond acceptors (Lipinski definition) is 5. The lowest BCUT2D eigenvalue weighted by atomic mass is 10.3. The van der Waals surface area contributed by atoms with Crippen molar-refractivity contribution in [2.24, 2.45) is 0 Å². The van der Waals surface area contributed by atoms with E-state index in [1.165, 1.54) is 12.7 Å². The molecule has 26 heavy (non-hydrogen) atoms. The summed E-state index contributed by atoms with van der Waals surface area (Å²) in [5, 5.41) is 0. The second kappa shape index (κ2) is 7.13. The molecule has 0 N–H and O–H groups in total. The Bertz CT molecular complexity index is 888. The van der Waals surface area contributed by atoms with E-state index in [1.807, 2.05) is 43.5 Å². The number of hydrogen-bond donors (Lipinski definition) is 0. The van der Waals surface area contributed by atoms with E-state index in [9.17, 15) is 4.79 Å². The highest BCUT2D eigenvalue weighted by molar-refractivity contribution is 5.91. The largest absolute Gasteiger partial charge is 0.451 e. The van der Waals surface area contributed by atoms with Crippen LogP contribution in [0.1, 0.15) is 27.6 Å². The third-order valence-corrected chi connectivity index (χ3v) is 4.45. The SMILES string of the molecule is Cc1cccc(COC2CN(C(=O)c3cocn3)Cc3cccn3C2)n1. The standard InChI is InChI=1S/C19H20N4O3/c1-14-4-2-5-15(21-14)11-26-17-9-22-7-3-6-16(22)8-23(10-17)19(24)18-12-25-13-20-18/h2-7,12-13,17H,8-11H2,1H3. The lowest BCUT2D eigenvalue weighted by Gasteiger charge is -2.23. The molecule has 0 saturated carbocycles. The van der Waals surface area contributed by atoms with Crippen LogP contribution in [-0.2, 0) is 24.4 Å². The summed E-state index contributed by atoms with van der Waals surface area (Å²) in [7, 11) is 0. The second-order valence-corrected chi connectivity index (χ2v) is 6.41. The van der Waals surface area contributed by atoms with E-state index in [0.717, 1.165) is 17.1 Å². The summed E-state index contributed by atoms with van der Waals surface area (Å²) in [6.45, 7) is 4.06. The van der Waals surface area contributed by atoms with Gasteiger partial charge in [-0.25, -0.2) is 4.98 Å². The maximum absolute atomic E-state index is 12.7. The first-order valence-corrected chi connectivity index (χ1v) is 8.54. The zero-order valence-corrected chi connectivity index (χ0v) is 14.5. The van der Waals surface area contributed by atoms with Gasteiger partial charge in [0, 0.05) is 24.1 Å². The van der Waals surface area contributed by atoms with Gasteiger partial charge < -0.3 is 18.6 Å². The minimum absolute atomic E-state index is 0.137. The number of aromatic nitrogens is 3. The lowest BCUT2D eigenvalue weighted by molar-refractivity contribution is 0.00905. The Morgan fingerprint density at radius 2 is 2.23 bits per heavy atom. The smallest absolute Gasteiger partial charge is 0.276 e. The van der Waals surface area contributed by atoms with E-state index in [2.05, 4.69) is 14.5 Å². The summed E-state index contributed by atoms with van der Waals surface area (Å²) in [6, 6.07) is 9.88. The molecule has 1 atom stereocenters. The summed E-state index contributed by atoms with van der Waals surface area (Å²) in [6.07, 6.45) is 4.52. The lowest BCUT2D eigenvalue weighted by Crippen LogP contribution is -2.37. The molecule has 0 aliphatic carbocycles. The van der Waals surface area contributed by atoms with E-state index in [-0.39, 0.29) is 12.0 Å². The van der Waals surface area contributed by atoms with Crippen LogP contribution in [0.5, 0.6) is 0 Å². The highest BCUT2D eigenvalue weighted by Gasteiger charge is 2.27. The van der Waals surface area contributed by atoms with E-state index >= 15 is 0 Å². The minimum Gasteiger partial charge on any atom is -0.451 e. The molecule has 1 unspecified atom stereocenters. The molecule has 0 fully saturated rings. The van der Waals surface area contributed by atoms with Gasteiger partial charge in [-0.05, 0) is 31.2 Å². The molecule has 4 heterocycles. The van der Waals surface area contributed by atoms with Crippen LogP contribution in [0.25, 0.3) is 0 Å². The first-order valence-electron chi connectivity index (χ1n) is 8.54. The highest BCUT2D eigenvalue weighted by atomic mass is 16.5. The van der Waals surface area contributed by atoms with Gasteiger partial charge in [0.05, 0.1) is 31.5 Å². The highest BCUT2D eigenvalue weighted by Crippen LogP contribution is 2.18. The summed E-state index contributed by atoms with van der Waals surface area (Å²) in [5.74, 6) is -0.157. The minimum atomic E-state index is -0.157. The Hall–Kier alpha value is -2.93. The van der Waals surface area contributed by atoms with Crippen LogP contribution >= 0.6 is 0 Å². The molecule has 1 aliphatic heterocycles. The molecule has 4 rings (SSSR count). The predicted octanol–water partition coefficient (Wildman–Crippen LogP) is 2.42. The van der Waals surface area contributed by atoms with Crippen molar-refractivity contribution in [3.05, 3.63) is 72.0 Å². The van der Waals surface area contributed by atoms with Gasteiger partial charge >= 0.3 is 0 Å². The number of oxazole rings is 1. The van der Waals surface area contributed by atoms with Gasteiger partial charge in [0.15, 0.2) is 12.1 Å². The number of fused-ring (bicyclic) bond motifs is 1. The molecule has 0 spiro atoms. The molecule has 1 amide bonds. The third kappa shape index (κ3) is 3.52. The number of amides is 1.